The largest absolute Gasteiger partial charge is 0.384 e. The van der Waals surface area contributed by atoms with E-state index in [1.807, 2.05) is 63.5 Å². The van der Waals surface area contributed by atoms with Gasteiger partial charge in [0.05, 0.1) is 23.1 Å². The van der Waals surface area contributed by atoms with Gasteiger partial charge < -0.3 is 20.5 Å². The van der Waals surface area contributed by atoms with E-state index in [4.69, 9.17) is 0 Å². The van der Waals surface area contributed by atoms with Crippen LogP contribution in [0.2, 0.25) is 0 Å². The van der Waals surface area contributed by atoms with Gasteiger partial charge in [-0.3, -0.25) is 14.9 Å². The lowest BCUT2D eigenvalue weighted by atomic mass is 10.0. The first-order chi connectivity index (χ1) is 20.4. The number of benzene rings is 3. The Morgan fingerprint density at radius 1 is 0.905 bits per heavy atom. The number of likely N-dealkylation sites (N-methyl/N-ethyl adjacent to an activating group) is 1. The van der Waals surface area contributed by atoms with Gasteiger partial charge in [0.25, 0.3) is 0 Å². The molecule has 42 heavy (non-hydrogen) atoms. The summed E-state index contributed by atoms with van der Waals surface area (Å²) in [5.74, 6) is -0.346. The van der Waals surface area contributed by atoms with Gasteiger partial charge >= 0.3 is 0 Å². The minimum absolute atomic E-state index is 0.0604. The fraction of sp³-hybridized carbons (Fsp3) is 0.182. The molecular formula is C33H32FN7O. The highest BCUT2D eigenvalue weighted by Gasteiger charge is 2.15. The summed E-state index contributed by atoms with van der Waals surface area (Å²) >= 11 is 0. The number of aromatic amines is 2. The van der Waals surface area contributed by atoms with E-state index in [0.29, 0.717) is 12.1 Å². The Hall–Kier alpha value is -5.02. The van der Waals surface area contributed by atoms with Crippen LogP contribution in [-0.4, -0.2) is 58.2 Å². The Morgan fingerprint density at radius 2 is 1.76 bits per heavy atom. The molecular weight excluding hydrogens is 529 g/mol. The zero-order chi connectivity index (χ0) is 29.2. The van der Waals surface area contributed by atoms with E-state index in [0.717, 1.165) is 74.2 Å². The third kappa shape index (κ3) is 5.59. The van der Waals surface area contributed by atoms with Crippen LogP contribution < -0.4 is 10.6 Å². The number of nitrogens with zero attached hydrogens (tertiary/aromatic N) is 3. The zero-order valence-corrected chi connectivity index (χ0v) is 23.8. The highest BCUT2D eigenvalue weighted by atomic mass is 19.1. The number of hydrogen-bond acceptors (Lipinski definition) is 5. The maximum Gasteiger partial charge on any atom is 0.224 e. The molecule has 0 aliphatic rings. The molecule has 9 heteroatoms. The molecule has 0 saturated heterocycles. The number of anilines is 2. The maximum absolute atomic E-state index is 14.7. The molecule has 0 unspecified atom stereocenters. The molecule has 0 atom stereocenters. The van der Waals surface area contributed by atoms with Crippen molar-refractivity contribution in [1.82, 2.24) is 25.1 Å². The summed E-state index contributed by atoms with van der Waals surface area (Å²) in [6, 6.07) is 21.1. The van der Waals surface area contributed by atoms with Gasteiger partial charge in [0.2, 0.25) is 5.91 Å². The number of pyridine rings is 1. The van der Waals surface area contributed by atoms with Crippen LogP contribution in [0.5, 0.6) is 0 Å². The normalized spacial score (nSPS) is 11.5. The summed E-state index contributed by atoms with van der Waals surface area (Å²) in [6.45, 7) is 3.38. The number of hydrogen-bond donors (Lipinski definition) is 4. The van der Waals surface area contributed by atoms with Crippen molar-refractivity contribution >= 4 is 39.1 Å². The Balaban J connectivity index is 1.36. The molecule has 4 N–H and O–H groups in total. The van der Waals surface area contributed by atoms with E-state index < -0.39 is 0 Å². The fourth-order valence-electron chi connectivity index (χ4n) is 5.12. The lowest BCUT2D eigenvalue weighted by molar-refractivity contribution is -0.115. The molecule has 0 radical (unpaired) electrons. The zero-order valence-electron chi connectivity index (χ0n) is 23.8. The molecule has 0 aliphatic carbocycles. The smallest absolute Gasteiger partial charge is 0.224 e. The molecule has 0 aliphatic heterocycles. The summed E-state index contributed by atoms with van der Waals surface area (Å²) in [5.41, 5.74) is 8.44. The second kappa shape index (κ2) is 11.5. The van der Waals surface area contributed by atoms with Gasteiger partial charge in [-0.1, -0.05) is 25.1 Å². The summed E-state index contributed by atoms with van der Waals surface area (Å²) in [4.78, 5) is 21.8. The van der Waals surface area contributed by atoms with E-state index in [-0.39, 0.29) is 11.7 Å². The number of carbonyl (C=O) groups excluding carboxylic acids is 1. The number of fused-ring (bicyclic) bond motifs is 2. The van der Waals surface area contributed by atoms with Crippen molar-refractivity contribution < 1.29 is 9.18 Å². The molecule has 3 aromatic heterocycles. The lowest BCUT2D eigenvalue weighted by Gasteiger charge is -2.13. The Bertz CT molecular complexity index is 1910. The van der Waals surface area contributed by atoms with Crippen molar-refractivity contribution in [3.05, 3.63) is 84.9 Å². The number of H-pyrrole nitrogens is 2. The van der Waals surface area contributed by atoms with Crippen LogP contribution in [-0.2, 0) is 4.79 Å². The van der Waals surface area contributed by atoms with E-state index >= 15 is 0 Å². The van der Waals surface area contributed by atoms with Crippen LogP contribution in [0.25, 0.3) is 55.4 Å². The van der Waals surface area contributed by atoms with Crippen LogP contribution >= 0.6 is 0 Å². The fourth-order valence-corrected chi connectivity index (χ4v) is 5.12. The SMILES string of the molecule is CCC(=O)Nc1cncc(-c2ccc3[nH]nc(-c4cc5c(-c6cc(F)cc(NCCN(C)C)c6)cccc5[nH]4)c3c2)c1. The minimum atomic E-state index is -0.286. The van der Waals surface area contributed by atoms with E-state index in [1.165, 1.54) is 6.07 Å². The second-order valence-electron chi connectivity index (χ2n) is 10.6. The lowest BCUT2D eigenvalue weighted by Crippen LogP contribution is -2.20. The summed E-state index contributed by atoms with van der Waals surface area (Å²) < 4.78 is 14.7. The molecule has 0 saturated carbocycles. The molecule has 212 valence electrons. The standard InChI is InChI=1S/C33H32FN7O/c1-4-32(42)37-25-14-22(18-35-19-25)20-8-9-30-28(15-20)33(40-39-30)31-17-27-26(6-5-7-29(27)38-31)21-12-23(34)16-24(13-21)36-10-11-41(2)3/h5-9,12-19,36,38H,4,10-11H2,1-3H3,(H,37,42)(H,39,40). The number of amides is 1. The van der Waals surface area contributed by atoms with Gasteiger partial charge in [-0.2, -0.15) is 5.10 Å². The van der Waals surface area contributed by atoms with Crippen molar-refractivity contribution in [2.24, 2.45) is 0 Å². The first-order valence-electron chi connectivity index (χ1n) is 13.9. The number of rotatable bonds is 9. The van der Waals surface area contributed by atoms with Gasteiger partial charge in [0.15, 0.2) is 0 Å². The second-order valence-corrected chi connectivity index (χ2v) is 10.6. The van der Waals surface area contributed by atoms with Crippen molar-refractivity contribution in [2.75, 3.05) is 37.8 Å². The summed E-state index contributed by atoms with van der Waals surface area (Å²) in [5, 5.41) is 15.9. The number of aromatic nitrogens is 4. The van der Waals surface area contributed by atoms with Crippen LogP contribution in [0.15, 0.2) is 79.1 Å². The van der Waals surface area contributed by atoms with Crippen LogP contribution in [0.4, 0.5) is 15.8 Å². The van der Waals surface area contributed by atoms with Gasteiger partial charge in [-0.25, -0.2) is 4.39 Å². The van der Waals surface area contributed by atoms with E-state index in [1.54, 1.807) is 18.5 Å². The van der Waals surface area contributed by atoms with Crippen molar-refractivity contribution in [3.8, 4) is 33.6 Å². The minimum Gasteiger partial charge on any atom is -0.384 e. The molecule has 3 aromatic carbocycles. The van der Waals surface area contributed by atoms with Gasteiger partial charge in [0, 0.05) is 53.2 Å². The van der Waals surface area contributed by atoms with Gasteiger partial charge in [-0.15, -0.1) is 0 Å². The molecule has 6 aromatic rings. The molecule has 6 rings (SSSR count). The molecule has 0 spiro atoms. The Morgan fingerprint density at radius 3 is 2.60 bits per heavy atom. The molecule has 8 nitrogen and oxygen atoms in total. The van der Waals surface area contributed by atoms with Crippen LogP contribution in [0.1, 0.15) is 13.3 Å². The number of halogens is 1. The third-order valence-electron chi connectivity index (χ3n) is 7.26. The number of carbonyl (C=O) groups is 1. The summed E-state index contributed by atoms with van der Waals surface area (Å²) in [6.07, 6.45) is 3.82. The van der Waals surface area contributed by atoms with E-state index in [2.05, 4.69) is 47.8 Å². The first kappa shape index (κ1) is 27.2. The molecule has 0 bridgehead atoms. The topological polar surface area (TPSA) is 102 Å². The monoisotopic (exact) mass is 561 g/mol. The third-order valence-corrected chi connectivity index (χ3v) is 7.26. The van der Waals surface area contributed by atoms with Crippen LogP contribution in [0, 0.1) is 5.82 Å². The Kier molecular flexibility index (Phi) is 7.41. The molecule has 1 amide bonds. The first-order valence-corrected chi connectivity index (χ1v) is 13.9. The highest BCUT2D eigenvalue weighted by molar-refractivity contribution is 6.02. The van der Waals surface area contributed by atoms with Crippen molar-refractivity contribution in [2.45, 2.75) is 13.3 Å². The number of nitrogens with one attached hydrogen (secondary N) is 4. The van der Waals surface area contributed by atoms with E-state index in [9.17, 15) is 9.18 Å². The van der Waals surface area contributed by atoms with Gasteiger partial charge in [-0.05, 0) is 79.3 Å². The maximum atomic E-state index is 14.7. The summed E-state index contributed by atoms with van der Waals surface area (Å²) in [7, 11) is 4.02. The van der Waals surface area contributed by atoms with Crippen LogP contribution in [0.3, 0.4) is 0 Å². The van der Waals surface area contributed by atoms with Gasteiger partial charge in [0.1, 0.15) is 11.5 Å². The van der Waals surface area contributed by atoms with Crippen molar-refractivity contribution in [3.63, 3.8) is 0 Å². The predicted molar refractivity (Wildman–Crippen MR) is 168 cm³/mol. The quantitative estimate of drug-likeness (QED) is 0.154. The average Bonchev–Trinajstić information content (AvgIpc) is 3.60. The highest BCUT2D eigenvalue weighted by Crippen LogP contribution is 2.36. The average molecular weight is 562 g/mol. The molecule has 3 heterocycles. The van der Waals surface area contributed by atoms with Crippen molar-refractivity contribution in [1.29, 1.82) is 0 Å². The molecule has 0 fully saturated rings. The predicted octanol–water partition coefficient (Wildman–Crippen LogP) is 6.90. The Labute approximate surface area is 243 Å².